The van der Waals surface area contributed by atoms with E-state index in [-0.39, 0.29) is 11.4 Å². The molecule has 2 aromatic rings. The van der Waals surface area contributed by atoms with Crippen LogP contribution in [0.3, 0.4) is 0 Å². The fourth-order valence-corrected chi connectivity index (χ4v) is 1.72. The van der Waals surface area contributed by atoms with Crippen LogP contribution in [0.5, 0.6) is 11.5 Å². The van der Waals surface area contributed by atoms with Gasteiger partial charge in [-0.3, -0.25) is 0 Å². The number of azo groups is 1. The largest absolute Gasteiger partial charge is 0.507 e. The molecule has 0 aliphatic rings. The molecule has 0 bridgehead atoms. The Morgan fingerprint density at radius 1 is 1.04 bits per heavy atom. The van der Waals surface area contributed by atoms with E-state index in [4.69, 9.17) is 5.11 Å². The van der Waals surface area contributed by atoms with Crippen molar-refractivity contribution in [2.24, 2.45) is 10.2 Å². The molecular weight excluding hydrogens is 317 g/mol. The summed E-state index contributed by atoms with van der Waals surface area (Å²) in [6.07, 6.45) is -4.54. The maximum Gasteiger partial charge on any atom is 0.416 e. The molecule has 0 saturated carbocycles. The molecule has 3 N–H and O–H groups in total. The van der Waals surface area contributed by atoms with Crippen LogP contribution < -0.4 is 0 Å². The van der Waals surface area contributed by atoms with Crippen molar-refractivity contribution in [3.05, 3.63) is 47.5 Å². The molecule has 0 amide bonds. The van der Waals surface area contributed by atoms with E-state index in [2.05, 4.69) is 10.2 Å². The summed E-state index contributed by atoms with van der Waals surface area (Å²) in [6, 6.07) is 6.06. The summed E-state index contributed by atoms with van der Waals surface area (Å²) in [4.78, 5) is 10.9. The third-order valence-corrected chi connectivity index (χ3v) is 2.80. The highest BCUT2D eigenvalue weighted by Gasteiger charge is 2.30. The minimum Gasteiger partial charge on any atom is -0.507 e. The molecule has 6 nitrogen and oxygen atoms in total. The summed E-state index contributed by atoms with van der Waals surface area (Å²) in [6.45, 7) is 0. The summed E-state index contributed by atoms with van der Waals surface area (Å²) < 4.78 is 37.7. The van der Waals surface area contributed by atoms with Crippen LogP contribution in [-0.4, -0.2) is 21.3 Å². The van der Waals surface area contributed by atoms with Crippen LogP contribution in [0.1, 0.15) is 15.9 Å². The molecule has 0 unspecified atom stereocenters. The molecule has 9 heteroatoms. The SMILES string of the molecule is O=C(O)c1c(O)ccc(N=Nc2cccc(C(F)(F)F)c2)c1O. The number of nitrogens with zero attached hydrogens (tertiary/aromatic N) is 2. The maximum atomic E-state index is 12.6. The van der Waals surface area contributed by atoms with E-state index in [1.54, 1.807) is 0 Å². The second kappa shape index (κ2) is 5.95. The van der Waals surface area contributed by atoms with Gasteiger partial charge in [-0.05, 0) is 30.3 Å². The van der Waals surface area contributed by atoms with E-state index in [9.17, 15) is 28.2 Å². The van der Waals surface area contributed by atoms with E-state index in [0.29, 0.717) is 0 Å². The number of benzene rings is 2. The summed E-state index contributed by atoms with van der Waals surface area (Å²) in [5.41, 5.74) is -2.14. The normalized spacial score (nSPS) is 11.8. The van der Waals surface area contributed by atoms with Crippen molar-refractivity contribution in [2.75, 3.05) is 0 Å². The predicted octanol–water partition coefficient (Wildman–Crippen LogP) is 4.23. The number of carboxylic acids is 1. The molecule has 2 rings (SSSR count). The quantitative estimate of drug-likeness (QED) is 0.734. The maximum absolute atomic E-state index is 12.6. The zero-order chi connectivity index (χ0) is 17.2. The first-order valence-corrected chi connectivity index (χ1v) is 6.07. The van der Waals surface area contributed by atoms with Crippen molar-refractivity contribution >= 4 is 17.3 Å². The highest BCUT2D eigenvalue weighted by Crippen LogP contribution is 2.37. The van der Waals surface area contributed by atoms with Crippen LogP contribution in [-0.2, 0) is 6.18 Å². The summed E-state index contributed by atoms with van der Waals surface area (Å²) in [5, 5.41) is 35.0. The zero-order valence-electron chi connectivity index (χ0n) is 11.2. The number of hydrogen-bond donors (Lipinski definition) is 3. The first-order chi connectivity index (χ1) is 10.7. The third kappa shape index (κ3) is 3.57. The van der Waals surface area contributed by atoms with E-state index in [1.807, 2.05) is 0 Å². The number of phenols is 2. The number of aromatic carboxylic acids is 1. The molecule has 0 radical (unpaired) electrons. The first-order valence-electron chi connectivity index (χ1n) is 6.07. The lowest BCUT2D eigenvalue weighted by Gasteiger charge is -2.06. The average molecular weight is 326 g/mol. The number of aromatic hydroxyl groups is 2. The highest BCUT2D eigenvalue weighted by atomic mass is 19.4. The Hall–Kier alpha value is -3.10. The second-order valence-electron chi connectivity index (χ2n) is 4.38. The minimum absolute atomic E-state index is 0.135. The molecule has 0 saturated heterocycles. The Bertz CT molecular complexity index is 788. The Morgan fingerprint density at radius 3 is 2.35 bits per heavy atom. The van der Waals surface area contributed by atoms with Crippen molar-refractivity contribution in [1.82, 2.24) is 0 Å². The van der Waals surface area contributed by atoms with Crippen LogP contribution in [0.4, 0.5) is 24.5 Å². The summed E-state index contributed by atoms with van der Waals surface area (Å²) >= 11 is 0. The Balaban J connectivity index is 2.38. The van der Waals surface area contributed by atoms with Crippen LogP contribution in [0.2, 0.25) is 0 Å². The number of halogens is 3. The van der Waals surface area contributed by atoms with Crippen LogP contribution in [0, 0.1) is 0 Å². The molecule has 0 aromatic heterocycles. The van der Waals surface area contributed by atoms with E-state index < -0.39 is 34.8 Å². The molecule has 2 aromatic carbocycles. The molecule has 120 valence electrons. The van der Waals surface area contributed by atoms with Crippen LogP contribution >= 0.6 is 0 Å². The number of alkyl halides is 3. The molecule has 0 aliphatic heterocycles. The smallest absolute Gasteiger partial charge is 0.416 e. The van der Waals surface area contributed by atoms with Gasteiger partial charge < -0.3 is 15.3 Å². The molecule has 0 heterocycles. The summed E-state index contributed by atoms with van der Waals surface area (Å²) in [5.74, 6) is -3.10. The van der Waals surface area contributed by atoms with Gasteiger partial charge in [-0.25, -0.2) is 4.79 Å². The molecule has 0 spiro atoms. The van der Waals surface area contributed by atoms with E-state index in [1.165, 1.54) is 6.07 Å². The van der Waals surface area contributed by atoms with Crippen molar-refractivity contribution in [3.8, 4) is 11.5 Å². The lowest BCUT2D eigenvalue weighted by molar-refractivity contribution is -0.137. The summed E-state index contributed by atoms with van der Waals surface area (Å²) in [7, 11) is 0. The minimum atomic E-state index is -4.54. The van der Waals surface area contributed by atoms with Crippen LogP contribution in [0.15, 0.2) is 46.6 Å². The number of carboxylic acid groups (broad SMARTS) is 1. The number of hydrogen-bond acceptors (Lipinski definition) is 5. The fourth-order valence-electron chi connectivity index (χ4n) is 1.72. The lowest BCUT2D eigenvalue weighted by Crippen LogP contribution is -2.03. The van der Waals surface area contributed by atoms with Gasteiger partial charge in [0.2, 0.25) is 0 Å². The molecule has 0 atom stereocenters. The lowest BCUT2D eigenvalue weighted by atomic mass is 10.1. The first kappa shape index (κ1) is 16.3. The van der Waals surface area contributed by atoms with Gasteiger partial charge in [0.1, 0.15) is 17.0 Å². The van der Waals surface area contributed by atoms with Crippen molar-refractivity contribution in [2.45, 2.75) is 6.18 Å². The van der Waals surface area contributed by atoms with Gasteiger partial charge in [-0.2, -0.15) is 18.3 Å². The average Bonchev–Trinajstić information content (AvgIpc) is 2.45. The van der Waals surface area contributed by atoms with Gasteiger partial charge in [0, 0.05) is 0 Å². The van der Waals surface area contributed by atoms with Crippen LogP contribution in [0.25, 0.3) is 0 Å². The third-order valence-electron chi connectivity index (χ3n) is 2.80. The number of carbonyl (C=O) groups is 1. The van der Waals surface area contributed by atoms with Gasteiger partial charge in [0.05, 0.1) is 11.3 Å². The Labute approximate surface area is 127 Å². The second-order valence-corrected chi connectivity index (χ2v) is 4.38. The monoisotopic (exact) mass is 326 g/mol. The van der Waals surface area contributed by atoms with Gasteiger partial charge in [-0.15, -0.1) is 5.11 Å². The fraction of sp³-hybridized carbons (Fsp3) is 0.0714. The Kier molecular flexibility index (Phi) is 4.21. The molecule has 0 aliphatic carbocycles. The molecular formula is C14H9F3N2O4. The highest BCUT2D eigenvalue weighted by molar-refractivity contribution is 5.95. The van der Waals surface area contributed by atoms with E-state index in [0.717, 1.165) is 30.3 Å². The van der Waals surface area contributed by atoms with Crippen molar-refractivity contribution < 1.29 is 33.3 Å². The number of rotatable bonds is 3. The van der Waals surface area contributed by atoms with Gasteiger partial charge in [0.25, 0.3) is 0 Å². The van der Waals surface area contributed by atoms with Gasteiger partial charge >= 0.3 is 12.1 Å². The molecule has 0 fully saturated rings. The van der Waals surface area contributed by atoms with Crippen molar-refractivity contribution in [3.63, 3.8) is 0 Å². The van der Waals surface area contributed by atoms with Gasteiger partial charge in [-0.1, -0.05) is 6.07 Å². The Morgan fingerprint density at radius 2 is 1.74 bits per heavy atom. The standard InChI is InChI=1S/C14H9F3N2O4/c15-14(16,17)7-2-1-3-8(6-7)18-19-9-4-5-10(20)11(12(9)21)13(22)23/h1-6,20-21H,(H,22,23). The van der Waals surface area contributed by atoms with Gasteiger partial charge in [0.15, 0.2) is 5.75 Å². The van der Waals surface area contributed by atoms with Crippen molar-refractivity contribution in [1.29, 1.82) is 0 Å². The topological polar surface area (TPSA) is 102 Å². The molecule has 23 heavy (non-hydrogen) atoms. The predicted molar refractivity (Wildman–Crippen MR) is 72.4 cm³/mol. The van der Waals surface area contributed by atoms with E-state index >= 15 is 0 Å². The zero-order valence-corrected chi connectivity index (χ0v) is 11.2.